The summed E-state index contributed by atoms with van der Waals surface area (Å²) in [7, 11) is 0. The molecular formula is C2H6CsLiO2. The second-order valence-electron chi connectivity index (χ2n) is 0.519. The summed E-state index contributed by atoms with van der Waals surface area (Å²) in [5.74, 6) is -0.833. The van der Waals surface area contributed by atoms with Gasteiger partial charge in [0.25, 0.3) is 5.97 Å². The summed E-state index contributed by atoms with van der Waals surface area (Å²) in [5.41, 5.74) is 0. The van der Waals surface area contributed by atoms with Crippen LogP contribution in [-0.4, -0.2) is 98.8 Å². The Bertz CT molecular complexity index is 34.5. The fourth-order valence-corrected chi connectivity index (χ4v) is 0. The van der Waals surface area contributed by atoms with Gasteiger partial charge in [-0.25, -0.2) is 0 Å². The zero-order valence-electron chi connectivity index (χ0n) is 2.36. The minimum absolute atomic E-state index is 0. The van der Waals surface area contributed by atoms with Crippen molar-refractivity contribution in [2.45, 2.75) is 6.92 Å². The monoisotopic (exact) mass is 202 g/mol. The van der Waals surface area contributed by atoms with E-state index in [9.17, 15) is 0 Å². The average Bonchev–Trinajstić information content (AvgIpc) is 0.811. The normalized spacial score (nSPS) is 4.17. The second-order valence-corrected chi connectivity index (χ2v) is 0.519. The summed E-state index contributed by atoms with van der Waals surface area (Å²) in [5, 5.41) is 7.42. The van der Waals surface area contributed by atoms with Crippen LogP contribution in [0.4, 0.5) is 0 Å². The van der Waals surface area contributed by atoms with Gasteiger partial charge in [-0.2, -0.15) is 0 Å². The number of rotatable bonds is 0. The van der Waals surface area contributed by atoms with Crippen LogP contribution in [-0.2, 0) is 4.79 Å². The Morgan fingerprint density at radius 1 is 1.67 bits per heavy atom. The third-order valence-electron chi connectivity index (χ3n) is 0. The molecule has 0 aromatic carbocycles. The number of carboxylic acids is 1. The molecule has 0 spiro atoms. The van der Waals surface area contributed by atoms with Gasteiger partial charge in [-0.15, -0.1) is 0 Å². The molecular weight excluding hydrogens is 196 g/mol. The van der Waals surface area contributed by atoms with E-state index in [0.717, 1.165) is 6.92 Å². The second kappa shape index (κ2) is 10.2. The molecule has 0 aliphatic carbocycles. The number of aliphatic carboxylic acids is 1. The van der Waals surface area contributed by atoms with Gasteiger partial charge in [0.05, 0.1) is 0 Å². The Balaban J connectivity index is -0.0000000450. The predicted octanol–water partition coefficient (Wildman–Crippen LogP) is -1.21. The molecule has 4 heteroatoms. The van der Waals surface area contributed by atoms with Crippen molar-refractivity contribution >= 4 is 93.7 Å². The molecule has 0 radical (unpaired) electrons. The van der Waals surface area contributed by atoms with Gasteiger partial charge >= 0.3 is 87.8 Å². The summed E-state index contributed by atoms with van der Waals surface area (Å²) in [6.45, 7) is 1.08. The quantitative estimate of drug-likeness (QED) is 0.500. The third kappa shape index (κ3) is 35.7. The van der Waals surface area contributed by atoms with Crippen molar-refractivity contribution in [1.82, 2.24) is 0 Å². The Hall–Kier alpha value is 2.12. The van der Waals surface area contributed by atoms with Crippen molar-refractivity contribution in [3.63, 3.8) is 0 Å². The van der Waals surface area contributed by atoms with E-state index in [1.807, 2.05) is 0 Å². The van der Waals surface area contributed by atoms with Crippen LogP contribution in [0.5, 0.6) is 0 Å². The van der Waals surface area contributed by atoms with Gasteiger partial charge in [0.1, 0.15) is 0 Å². The molecule has 0 aromatic rings. The zero-order valence-corrected chi connectivity index (χ0v) is 2.36. The first kappa shape index (κ1) is 15.7. The molecule has 0 aliphatic heterocycles. The zero-order chi connectivity index (χ0) is 3.58. The topological polar surface area (TPSA) is 37.3 Å². The van der Waals surface area contributed by atoms with Crippen molar-refractivity contribution in [2.75, 3.05) is 0 Å². The molecule has 0 aliphatic rings. The Morgan fingerprint density at radius 3 is 1.67 bits per heavy atom. The van der Waals surface area contributed by atoms with Crippen molar-refractivity contribution in [2.24, 2.45) is 0 Å². The Labute approximate surface area is 108 Å². The number of carboxylic acid groups (broad SMARTS) is 1. The van der Waals surface area contributed by atoms with E-state index in [2.05, 4.69) is 0 Å². The van der Waals surface area contributed by atoms with Gasteiger partial charge in [-0.1, -0.05) is 0 Å². The van der Waals surface area contributed by atoms with Crippen LogP contribution in [0.15, 0.2) is 0 Å². The number of carbonyl (C=O) groups is 1. The molecule has 0 unspecified atom stereocenters. The Morgan fingerprint density at radius 2 is 1.67 bits per heavy atom. The molecule has 0 fully saturated rings. The van der Waals surface area contributed by atoms with Crippen molar-refractivity contribution < 1.29 is 9.90 Å². The molecule has 0 saturated carbocycles. The maximum atomic E-state index is 9.00. The van der Waals surface area contributed by atoms with E-state index in [1.165, 1.54) is 0 Å². The van der Waals surface area contributed by atoms with Crippen LogP contribution in [0.3, 0.4) is 0 Å². The first-order chi connectivity index (χ1) is 1.73. The van der Waals surface area contributed by atoms with E-state index in [-0.39, 0.29) is 87.8 Å². The molecule has 28 valence electrons. The molecule has 6 heavy (non-hydrogen) atoms. The predicted molar refractivity (Wildman–Crippen MR) is 27.6 cm³/mol. The summed E-state index contributed by atoms with van der Waals surface area (Å²) < 4.78 is 0. The van der Waals surface area contributed by atoms with E-state index >= 15 is 0 Å². The van der Waals surface area contributed by atoms with Gasteiger partial charge in [-0.3, -0.25) is 4.79 Å². The molecule has 0 heterocycles. The molecule has 0 aromatic heterocycles. The SMILES string of the molecule is CC(=O)O.[CsH].[LiH]. The van der Waals surface area contributed by atoms with Crippen LogP contribution in [0.25, 0.3) is 0 Å². The van der Waals surface area contributed by atoms with Gasteiger partial charge in [0.15, 0.2) is 0 Å². The van der Waals surface area contributed by atoms with Crippen LogP contribution in [0, 0.1) is 0 Å². The van der Waals surface area contributed by atoms with E-state index in [0.29, 0.717) is 0 Å². The summed E-state index contributed by atoms with van der Waals surface area (Å²) in [6.07, 6.45) is 0. The molecule has 0 saturated heterocycles. The van der Waals surface area contributed by atoms with Gasteiger partial charge in [-0.05, 0) is 0 Å². The maximum absolute atomic E-state index is 9.00. The van der Waals surface area contributed by atoms with Crippen molar-refractivity contribution in [3.8, 4) is 0 Å². The fourth-order valence-electron chi connectivity index (χ4n) is 0. The molecule has 1 N–H and O–H groups in total. The number of hydrogen-bond acceptors (Lipinski definition) is 1. The van der Waals surface area contributed by atoms with E-state index in [1.54, 1.807) is 0 Å². The molecule has 0 rings (SSSR count). The van der Waals surface area contributed by atoms with Crippen LogP contribution in [0.1, 0.15) is 6.92 Å². The summed E-state index contributed by atoms with van der Waals surface area (Å²) >= 11 is 0. The van der Waals surface area contributed by atoms with Gasteiger partial charge < -0.3 is 5.11 Å². The standard InChI is InChI=1S/C2H4O2.Cs.Li.2H/c1-2(3)4;;;;/h1H3,(H,3,4);;;;. The molecule has 0 bridgehead atoms. The van der Waals surface area contributed by atoms with Gasteiger partial charge in [0, 0.05) is 6.92 Å². The minimum atomic E-state index is -0.833. The first-order valence-electron chi connectivity index (χ1n) is 0.928. The summed E-state index contributed by atoms with van der Waals surface area (Å²) in [6, 6.07) is 0. The Kier molecular flexibility index (Phi) is 26.6. The van der Waals surface area contributed by atoms with Crippen LogP contribution < -0.4 is 0 Å². The average molecular weight is 202 g/mol. The van der Waals surface area contributed by atoms with E-state index < -0.39 is 5.97 Å². The third-order valence-corrected chi connectivity index (χ3v) is 0. The molecule has 0 atom stereocenters. The van der Waals surface area contributed by atoms with Crippen molar-refractivity contribution in [1.29, 1.82) is 0 Å². The van der Waals surface area contributed by atoms with Crippen molar-refractivity contribution in [3.05, 3.63) is 0 Å². The van der Waals surface area contributed by atoms with Gasteiger partial charge in [0.2, 0.25) is 0 Å². The molecule has 0 amide bonds. The fraction of sp³-hybridized carbons (Fsp3) is 0.500. The first-order valence-corrected chi connectivity index (χ1v) is 0.928. The van der Waals surface area contributed by atoms with Crippen LogP contribution >= 0.6 is 0 Å². The number of hydrogen-bond donors (Lipinski definition) is 1. The molecule has 2 nitrogen and oxygen atoms in total. The van der Waals surface area contributed by atoms with E-state index in [4.69, 9.17) is 9.90 Å². The summed E-state index contributed by atoms with van der Waals surface area (Å²) in [4.78, 5) is 9.00. The van der Waals surface area contributed by atoms with Crippen LogP contribution in [0.2, 0.25) is 0 Å².